The van der Waals surface area contributed by atoms with Crippen molar-refractivity contribution in [3.63, 3.8) is 0 Å². The Morgan fingerprint density at radius 3 is 3.33 bits per heavy atom. The van der Waals surface area contributed by atoms with Gasteiger partial charge in [-0.1, -0.05) is 6.07 Å². The van der Waals surface area contributed by atoms with Crippen LogP contribution in [-0.2, 0) is 17.8 Å². The zero-order valence-corrected chi connectivity index (χ0v) is 12.5. The summed E-state index contributed by atoms with van der Waals surface area (Å²) in [5.41, 5.74) is 3.53. The maximum Gasteiger partial charge on any atom is 0.263 e. The summed E-state index contributed by atoms with van der Waals surface area (Å²) in [7, 11) is 0. The van der Waals surface area contributed by atoms with Crippen molar-refractivity contribution in [1.82, 2.24) is 15.1 Å². The molecule has 1 saturated heterocycles. The summed E-state index contributed by atoms with van der Waals surface area (Å²) in [4.78, 5) is 15.2. The summed E-state index contributed by atoms with van der Waals surface area (Å²) in [6.45, 7) is 2.98. The Morgan fingerprint density at radius 1 is 1.52 bits per heavy atom. The van der Waals surface area contributed by atoms with Crippen LogP contribution in [0, 0.1) is 0 Å². The summed E-state index contributed by atoms with van der Waals surface area (Å²) < 4.78 is 5.55. The molecular formula is C15H17N3O2S. The summed E-state index contributed by atoms with van der Waals surface area (Å²) in [5, 5.41) is 9.59. The third kappa shape index (κ3) is 2.28. The molecule has 2 aromatic heterocycles. The number of H-pyrrole nitrogens is 1. The summed E-state index contributed by atoms with van der Waals surface area (Å²) in [6.07, 6.45) is 1.89. The number of thiophene rings is 1. The van der Waals surface area contributed by atoms with E-state index in [0.29, 0.717) is 12.5 Å². The lowest BCUT2D eigenvalue weighted by Crippen LogP contribution is -2.27. The molecule has 0 bridgehead atoms. The topological polar surface area (TPSA) is 58.2 Å². The Bertz CT molecular complexity index is 650. The Kier molecular flexibility index (Phi) is 3.27. The SMILES string of the molecule is O=C(c1cccs1)N1CCC(c2n[nH]c3c2COCC3)C1. The molecule has 6 heteroatoms. The minimum absolute atomic E-state index is 0.146. The highest BCUT2D eigenvalue weighted by atomic mass is 32.1. The van der Waals surface area contributed by atoms with E-state index in [2.05, 4.69) is 10.2 Å². The van der Waals surface area contributed by atoms with Crippen LogP contribution in [0.5, 0.6) is 0 Å². The van der Waals surface area contributed by atoms with Gasteiger partial charge in [0.15, 0.2) is 0 Å². The van der Waals surface area contributed by atoms with Gasteiger partial charge in [0.25, 0.3) is 5.91 Å². The third-order valence-electron chi connectivity index (χ3n) is 4.32. The fraction of sp³-hybridized carbons (Fsp3) is 0.467. The fourth-order valence-electron chi connectivity index (χ4n) is 3.20. The number of aromatic amines is 1. The highest BCUT2D eigenvalue weighted by Crippen LogP contribution is 2.32. The van der Waals surface area contributed by atoms with Crippen LogP contribution < -0.4 is 0 Å². The van der Waals surface area contributed by atoms with Crippen molar-refractivity contribution in [2.75, 3.05) is 19.7 Å². The van der Waals surface area contributed by atoms with Gasteiger partial charge in [-0.05, 0) is 17.9 Å². The second kappa shape index (κ2) is 5.27. The minimum atomic E-state index is 0.146. The number of ether oxygens (including phenoxy) is 1. The van der Waals surface area contributed by atoms with Crippen LogP contribution in [0.3, 0.4) is 0 Å². The molecule has 0 saturated carbocycles. The number of hydrogen-bond donors (Lipinski definition) is 1. The Balaban J connectivity index is 1.51. The molecule has 0 aromatic carbocycles. The number of nitrogens with one attached hydrogen (secondary N) is 1. The first-order chi connectivity index (χ1) is 10.3. The third-order valence-corrected chi connectivity index (χ3v) is 5.18. The molecule has 4 rings (SSSR count). The second-order valence-electron chi connectivity index (χ2n) is 5.58. The van der Waals surface area contributed by atoms with E-state index in [1.807, 2.05) is 22.4 Å². The fourth-order valence-corrected chi connectivity index (χ4v) is 3.89. The van der Waals surface area contributed by atoms with E-state index < -0.39 is 0 Å². The number of aromatic nitrogens is 2. The van der Waals surface area contributed by atoms with Gasteiger partial charge in [0, 0.05) is 36.7 Å². The first kappa shape index (κ1) is 13.0. The van der Waals surface area contributed by atoms with Gasteiger partial charge >= 0.3 is 0 Å². The van der Waals surface area contributed by atoms with E-state index in [0.717, 1.165) is 43.1 Å². The van der Waals surface area contributed by atoms with Crippen LogP contribution >= 0.6 is 11.3 Å². The first-order valence-corrected chi connectivity index (χ1v) is 8.17. The molecule has 4 heterocycles. The smallest absolute Gasteiger partial charge is 0.263 e. The van der Waals surface area contributed by atoms with Gasteiger partial charge in [0.1, 0.15) is 0 Å². The normalized spacial score (nSPS) is 21.5. The van der Waals surface area contributed by atoms with E-state index in [1.165, 1.54) is 22.6 Å². The number of rotatable bonds is 2. The number of likely N-dealkylation sites (tertiary alicyclic amines) is 1. The number of nitrogens with zero attached hydrogens (tertiary/aromatic N) is 2. The van der Waals surface area contributed by atoms with Gasteiger partial charge in [0.05, 0.1) is 23.8 Å². The van der Waals surface area contributed by atoms with Crippen LogP contribution in [0.25, 0.3) is 0 Å². The molecule has 0 radical (unpaired) electrons. The average Bonchev–Trinajstić information content (AvgIpc) is 3.25. The molecule has 1 amide bonds. The Morgan fingerprint density at radius 2 is 2.48 bits per heavy atom. The molecule has 2 aliphatic heterocycles. The van der Waals surface area contributed by atoms with Crippen molar-refractivity contribution < 1.29 is 9.53 Å². The standard InChI is InChI=1S/C15H17N3O2S/c19-15(13-2-1-7-21-13)18-5-3-10(8-18)14-11-9-20-6-4-12(11)16-17-14/h1-2,7,10H,3-6,8-9H2,(H,16,17). The van der Waals surface area contributed by atoms with Gasteiger partial charge in [-0.2, -0.15) is 5.10 Å². The monoisotopic (exact) mass is 303 g/mol. The quantitative estimate of drug-likeness (QED) is 0.925. The molecule has 2 aliphatic rings. The van der Waals surface area contributed by atoms with Crippen molar-refractivity contribution in [3.8, 4) is 0 Å². The number of carbonyl (C=O) groups is 1. The second-order valence-corrected chi connectivity index (χ2v) is 6.53. The molecule has 110 valence electrons. The highest BCUT2D eigenvalue weighted by molar-refractivity contribution is 7.12. The number of hydrogen-bond acceptors (Lipinski definition) is 4. The molecule has 1 atom stereocenters. The minimum Gasteiger partial charge on any atom is -0.376 e. The van der Waals surface area contributed by atoms with Gasteiger partial charge in [0.2, 0.25) is 0 Å². The Labute approximate surface area is 126 Å². The highest BCUT2D eigenvalue weighted by Gasteiger charge is 2.32. The van der Waals surface area contributed by atoms with Crippen molar-refractivity contribution >= 4 is 17.2 Å². The lowest BCUT2D eigenvalue weighted by atomic mass is 9.98. The lowest BCUT2D eigenvalue weighted by molar-refractivity contribution is 0.0795. The molecule has 1 fully saturated rings. The maximum atomic E-state index is 12.4. The van der Waals surface area contributed by atoms with Gasteiger partial charge in [-0.15, -0.1) is 11.3 Å². The van der Waals surface area contributed by atoms with E-state index in [9.17, 15) is 4.79 Å². The number of fused-ring (bicyclic) bond motifs is 1. The first-order valence-electron chi connectivity index (χ1n) is 7.29. The zero-order valence-electron chi connectivity index (χ0n) is 11.7. The molecule has 2 aromatic rings. The maximum absolute atomic E-state index is 12.4. The predicted molar refractivity (Wildman–Crippen MR) is 79.5 cm³/mol. The molecule has 1 unspecified atom stereocenters. The van der Waals surface area contributed by atoms with Crippen molar-refractivity contribution in [3.05, 3.63) is 39.3 Å². The summed E-state index contributed by atoms with van der Waals surface area (Å²) >= 11 is 1.51. The van der Waals surface area contributed by atoms with Crippen LogP contribution in [-0.4, -0.2) is 40.7 Å². The van der Waals surface area contributed by atoms with E-state index >= 15 is 0 Å². The lowest BCUT2D eigenvalue weighted by Gasteiger charge is -2.17. The van der Waals surface area contributed by atoms with Crippen LogP contribution in [0.4, 0.5) is 0 Å². The van der Waals surface area contributed by atoms with E-state index in [1.54, 1.807) is 0 Å². The largest absolute Gasteiger partial charge is 0.376 e. The van der Waals surface area contributed by atoms with Crippen molar-refractivity contribution in [2.24, 2.45) is 0 Å². The van der Waals surface area contributed by atoms with Crippen LogP contribution in [0.15, 0.2) is 17.5 Å². The van der Waals surface area contributed by atoms with Gasteiger partial charge < -0.3 is 9.64 Å². The molecular weight excluding hydrogens is 286 g/mol. The van der Waals surface area contributed by atoms with Crippen LogP contribution in [0.2, 0.25) is 0 Å². The molecule has 1 N–H and O–H groups in total. The zero-order chi connectivity index (χ0) is 14.2. The van der Waals surface area contributed by atoms with Gasteiger partial charge in [-0.25, -0.2) is 0 Å². The molecule has 5 nitrogen and oxygen atoms in total. The van der Waals surface area contributed by atoms with E-state index in [-0.39, 0.29) is 5.91 Å². The number of amides is 1. The van der Waals surface area contributed by atoms with Crippen molar-refractivity contribution in [1.29, 1.82) is 0 Å². The summed E-state index contributed by atoms with van der Waals surface area (Å²) in [5.74, 6) is 0.476. The predicted octanol–water partition coefficient (Wildman–Crippen LogP) is 2.17. The van der Waals surface area contributed by atoms with Gasteiger partial charge in [-0.3, -0.25) is 9.89 Å². The molecule has 0 spiro atoms. The number of carbonyl (C=O) groups excluding carboxylic acids is 1. The average molecular weight is 303 g/mol. The molecule has 21 heavy (non-hydrogen) atoms. The van der Waals surface area contributed by atoms with Crippen molar-refractivity contribution in [2.45, 2.75) is 25.4 Å². The Hall–Kier alpha value is -1.66. The molecule has 0 aliphatic carbocycles. The van der Waals surface area contributed by atoms with E-state index in [4.69, 9.17) is 4.74 Å². The summed E-state index contributed by atoms with van der Waals surface area (Å²) in [6, 6.07) is 3.82. The van der Waals surface area contributed by atoms with Crippen LogP contribution in [0.1, 0.15) is 39.0 Å².